The summed E-state index contributed by atoms with van der Waals surface area (Å²) in [6, 6.07) is 40.9. The molecule has 262 valence electrons. The lowest BCUT2D eigenvalue weighted by Crippen LogP contribution is -2.17. The van der Waals surface area contributed by atoms with Crippen molar-refractivity contribution < 1.29 is 4.74 Å². The molecule has 0 bridgehead atoms. The van der Waals surface area contributed by atoms with E-state index in [1.54, 1.807) is 6.08 Å². The maximum Gasteiger partial charge on any atom is 0.130 e. The van der Waals surface area contributed by atoms with Crippen molar-refractivity contribution in [2.45, 2.75) is 40.5 Å². The molecule has 5 aromatic carbocycles. The highest BCUT2D eigenvalue weighted by atomic mass is 16.5. The molecule has 0 spiro atoms. The van der Waals surface area contributed by atoms with Crippen LogP contribution in [0.2, 0.25) is 0 Å². The number of terminal acetylenes is 1. The van der Waals surface area contributed by atoms with Gasteiger partial charge in [-0.1, -0.05) is 135 Å². The summed E-state index contributed by atoms with van der Waals surface area (Å²) < 4.78 is 6.32. The molecule has 0 atom stereocenters. The molecule has 0 saturated heterocycles. The number of fused-ring (bicyclic) bond motifs is 3. The Labute approximate surface area is 316 Å². The van der Waals surface area contributed by atoms with Crippen molar-refractivity contribution in [3.63, 3.8) is 0 Å². The van der Waals surface area contributed by atoms with E-state index in [0.29, 0.717) is 12.3 Å². The number of anilines is 2. The van der Waals surface area contributed by atoms with E-state index in [-0.39, 0.29) is 0 Å². The maximum absolute atomic E-state index is 6.32. The Bertz CT molecular complexity index is 2280. The first kappa shape index (κ1) is 36.5. The Morgan fingerprint density at radius 2 is 1.40 bits per heavy atom. The number of hydrogen-bond donors (Lipinski definition) is 0. The van der Waals surface area contributed by atoms with Crippen LogP contribution in [0.3, 0.4) is 0 Å². The van der Waals surface area contributed by atoms with E-state index in [2.05, 4.69) is 159 Å². The average molecular weight is 690 g/mol. The van der Waals surface area contributed by atoms with Crippen LogP contribution in [0.1, 0.15) is 61.1 Å². The van der Waals surface area contributed by atoms with Crippen LogP contribution in [0.5, 0.6) is 5.75 Å². The highest BCUT2D eigenvalue weighted by Gasteiger charge is 2.21. The summed E-state index contributed by atoms with van der Waals surface area (Å²) in [7, 11) is 0. The summed E-state index contributed by atoms with van der Waals surface area (Å²) in [5, 5.41) is 0. The maximum atomic E-state index is 6.32. The third-order valence-corrected chi connectivity index (χ3v) is 9.91. The molecule has 1 aliphatic rings. The van der Waals surface area contributed by atoms with Gasteiger partial charge in [-0.05, 0) is 132 Å². The van der Waals surface area contributed by atoms with E-state index in [4.69, 9.17) is 11.2 Å². The first-order chi connectivity index (χ1) is 26.0. The predicted molar refractivity (Wildman–Crippen MR) is 228 cm³/mol. The molecule has 0 radical (unpaired) electrons. The summed E-state index contributed by atoms with van der Waals surface area (Å²) in [6.45, 7) is 13.3. The summed E-state index contributed by atoms with van der Waals surface area (Å²) >= 11 is 0. The molecular weight excluding hydrogens is 643 g/mol. The lowest BCUT2D eigenvalue weighted by atomic mass is 9.95. The minimum absolute atomic E-state index is 0.629. The third kappa shape index (κ3) is 8.12. The van der Waals surface area contributed by atoms with Crippen LogP contribution in [0.4, 0.5) is 11.4 Å². The highest BCUT2D eigenvalue weighted by molar-refractivity contribution is 5.86. The van der Waals surface area contributed by atoms with Gasteiger partial charge in [-0.25, -0.2) is 0 Å². The van der Waals surface area contributed by atoms with Crippen LogP contribution in [0, 0.1) is 12.3 Å². The summed E-state index contributed by atoms with van der Waals surface area (Å²) in [4.78, 5) is 2.34. The summed E-state index contributed by atoms with van der Waals surface area (Å²) in [5.74, 6) is 4.08. The van der Waals surface area contributed by atoms with Gasteiger partial charge in [0.25, 0.3) is 0 Å². The fourth-order valence-electron chi connectivity index (χ4n) is 7.14. The molecule has 1 aliphatic carbocycles. The lowest BCUT2D eigenvalue weighted by molar-refractivity contribution is 0.446. The van der Waals surface area contributed by atoms with E-state index in [0.717, 1.165) is 57.8 Å². The van der Waals surface area contributed by atoms with Gasteiger partial charge in [0.1, 0.15) is 11.5 Å². The first-order valence-corrected chi connectivity index (χ1v) is 18.4. The Hall–Kier alpha value is -6.30. The van der Waals surface area contributed by atoms with Gasteiger partial charge >= 0.3 is 0 Å². The van der Waals surface area contributed by atoms with E-state index < -0.39 is 0 Å². The predicted octanol–water partition coefficient (Wildman–Crippen LogP) is 13.2. The average Bonchev–Trinajstić information content (AvgIpc) is 3.59. The number of benzene rings is 5. The Balaban J connectivity index is 1.29. The second-order valence-corrected chi connectivity index (χ2v) is 12.9. The zero-order valence-corrected chi connectivity index (χ0v) is 31.3. The van der Waals surface area contributed by atoms with Gasteiger partial charge in [0, 0.05) is 23.5 Å². The number of nitrogens with zero attached hydrogens (tertiary/aromatic N) is 1. The second kappa shape index (κ2) is 17.3. The van der Waals surface area contributed by atoms with Gasteiger partial charge in [0.2, 0.25) is 0 Å². The number of hydrogen-bond acceptors (Lipinski definition) is 2. The van der Waals surface area contributed by atoms with E-state index >= 15 is 0 Å². The standard InChI is InChI=1S/C51H47NO/c1-7-12-19-38(8-2)41-27-31-44(32-28-41)52(35-18-22-39(9-3)47-24-17-25-49-48-23-15-13-21-43(48)36-50(47)49)45-33-29-42(30-34-45)46(11-5)37(6)53-51-26-16-14-20-40(51)10-4/h1,8-9,11-34H,6,10,35-36H2,2-5H3/b19-12-,22-18-,38-8+,39-9+,46-11+. The molecule has 0 N–H and O–H groups in total. The molecule has 2 heteroatoms. The van der Waals surface area contributed by atoms with E-state index in [1.165, 1.54) is 33.4 Å². The molecule has 5 aromatic rings. The minimum atomic E-state index is 0.629. The van der Waals surface area contributed by atoms with E-state index in [1.807, 2.05) is 38.1 Å². The van der Waals surface area contributed by atoms with E-state index in [9.17, 15) is 0 Å². The van der Waals surface area contributed by atoms with Crippen molar-refractivity contribution in [1.29, 1.82) is 0 Å². The topological polar surface area (TPSA) is 12.5 Å². The quantitative estimate of drug-likeness (QED) is 0.0680. The zero-order valence-electron chi connectivity index (χ0n) is 31.3. The molecule has 0 heterocycles. The van der Waals surface area contributed by atoms with Crippen molar-refractivity contribution >= 4 is 28.1 Å². The van der Waals surface area contributed by atoms with Crippen molar-refractivity contribution in [2.24, 2.45) is 0 Å². The lowest BCUT2D eigenvalue weighted by Gasteiger charge is -2.25. The van der Waals surface area contributed by atoms with Gasteiger partial charge < -0.3 is 9.64 Å². The number of para-hydroxylation sites is 1. The smallest absolute Gasteiger partial charge is 0.130 e. The van der Waals surface area contributed by atoms with Crippen LogP contribution in [0.25, 0.3) is 27.8 Å². The normalized spacial score (nSPS) is 12.8. The Morgan fingerprint density at radius 1 is 0.736 bits per heavy atom. The van der Waals surface area contributed by atoms with Crippen molar-refractivity contribution in [3.05, 3.63) is 204 Å². The number of allylic oxidation sites excluding steroid dienone is 9. The second-order valence-electron chi connectivity index (χ2n) is 12.9. The number of aryl methyl sites for hydroxylation is 1. The fourth-order valence-corrected chi connectivity index (χ4v) is 7.14. The molecule has 0 fully saturated rings. The molecule has 53 heavy (non-hydrogen) atoms. The van der Waals surface area contributed by atoms with Crippen LogP contribution in [0.15, 0.2) is 170 Å². The van der Waals surface area contributed by atoms with Crippen molar-refractivity contribution in [2.75, 3.05) is 11.4 Å². The van der Waals surface area contributed by atoms with Crippen LogP contribution in [-0.4, -0.2) is 6.54 Å². The molecule has 6 rings (SSSR count). The zero-order chi connectivity index (χ0) is 37.2. The van der Waals surface area contributed by atoms with Crippen LogP contribution in [-0.2, 0) is 12.8 Å². The minimum Gasteiger partial charge on any atom is -0.457 e. The van der Waals surface area contributed by atoms with Gasteiger partial charge in [-0.2, -0.15) is 0 Å². The molecule has 0 amide bonds. The molecule has 0 aliphatic heterocycles. The molecule has 0 saturated carbocycles. The molecule has 2 nitrogen and oxygen atoms in total. The monoisotopic (exact) mass is 689 g/mol. The van der Waals surface area contributed by atoms with Crippen LogP contribution >= 0.6 is 0 Å². The summed E-state index contributed by atoms with van der Waals surface area (Å²) in [5.41, 5.74) is 15.5. The van der Waals surface area contributed by atoms with Gasteiger partial charge in [0.05, 0.1) is 0 Å². The number of ether oxygens (including phenoxy) is 1. The van der Waals surface area contributed by atoms with Crippen molar-refractivity contribution in [3.8, 4) is 29.2 Å². The third-order valence-electron chi connectivity index (χ3n) is 9.91. The molecule has 0 unspecified atom stereocenters. The highest BCUT2D eigenvalue weighted by Crippen LogP contribution is 2.40. The number of rotatable bonds is 13. The van der Waals surface area contributed by atoms with Gasteiger partial charge in [0.15, 0.2) is 0 Å². The van der Waals surface area contributed by atoms with Gasteiger partial charge in [-0.3, -0.25) is 0 Å². The molecule has 0 aromatic heterocycles. The first-order valence-electron chi connectivity index (χ1n) is 18.4. The van der Waals surface area contributed by atoms with Crippen LogP contribution < -0.4 is 9.64 Å². The SMILES string of the molecule is C#C/C=C\C(=C/C)c1ccc(N(C/C=C\C(=C/C)c2cccc3c2Cc2ccccc2-3)c2ccc(/C(=C/C)C(=C)Oc3ccccc3CC)cc2)cc1. The molecular formula is C51H47NO. The van der Waals surface area contributed by atoms with Crippen molar-refractivity contribution in [1.82, 2.24) is 0 Å². The Kier molecular flexibility index (Phi) is 11.9. The Morgan fingerprint density at radius 3 is 2.08 bits per heavy atom. The largest absolute Gasteiger partial charge is 0.457 e. The summed E-state index contributed by atoms with van der Waals surface area (Å²) in [6.07, 6.45) is 22.0. The fraction of sp³-hybridized carbons (Fsp3) is 0.137. The van der Waals surface area contributed by atoms with Gasteiger partial charge in [-0.15, -0.1) is 6.42 Å².